The number of ether oxygens (including phenoxy) is 1. The number of H-pyrrole nitrogens is 1. The molecule has 0 aliphatic carbocycles. The highest BCUT2D eigenvalue weighted by Gasteiger charge is 2.28. The van der Waals surface area contributed by atoms with E-state index in [1.807, 2.05) is 0 Å². The molecule has 5 heteroatoms. The highest BCUT2D eigenvalue weighted by atomic mass is 16.5. The second kappa shape index (κ2) is 4.52. The second-order valence-corrected chi connectivity index (χ2v) is 3.53. The van der Waals surface area contributed by atoms with Crippen LogP contribution in [0.5, 0.6) is 0 Å². The fraction of sp³-hybridized carbons (Fsp3) is 0.778. The molecule has 2 heterocycles. The van der Waals surface area contributed by atoms with Crippen LogP contribution < -0.4 is 5.32 Å². The predicted octanol–water partition coefficient (Wildman–Crippen LogP) is 0.492. The van der Waals surface area contributed by atoms with Crippen LogP contribution in [-0.2, 0) is 4.74 Å². The summed E-state index contributed by atoms with van der Waals surface area (Å²) in [6.07, 6.45) is 2.65. The van der Waals surface area contributed by atoms with Gasteiger partial charge in [0, 0.05) is 12.5 Å². The zero-order chi connectivity index (χ0) is 9.80. The van der Waals surface area contributed by atoms with E-state index in [0.717, 1.165) is 32.0 Å². The van der Waals surface area contributed by atoms with Gasteiger partial charge in [-0.1, -0.05) is 6.92 Å². The van der Waals surface area contributed by atoms with Crippen molar-refractivity contribution in [3.8, 4) is 0 Å². The Balaban J connectivity index is 2.06. The minimum absolute atomic E-state index is 0.255. The maximum absolute atomic E-state index is 5.38. The molecule has 0 spiro atoms. The zero-order valence-electron chi connectivity index (χ0n) is 8.36. The van der Waals surface area contributed by atoms with E-state index in [-0.39, 0.29) is 6.04 Å². The van der Waals surface area contributed by atoms with Crippen LogP contribution in [-0.4, -0.2) is 34.9 Å². The Hall–Kier alpha value is -0.940. The molecule has 0 aromatic carbocycles. The lowest BCUT2D eigenvalue weighted by atomic mass is 9.98. The van der Waals surface area contributed by atoms with Crippen LogP contribution in [0.25, 0.3) is 0 Å². The summed E-state index contributed by atoms with van der Waals surface area (Å²) in [5.41, 5.74) is 0. The smallest absolute Gasteiger partial charge is 0.141 e. The van der Waals surface area contributed by atoms with Crippen molar-refractivity contribution in [1.82, 2.24) is 20.5 Å². The molecular weight excluding hydrogens is 180 g/mol. The van der Waals surface area contributed by atoms with Gasteiger partial charge in [0.2, 0.25) is 0 Å². The van der Waals surface area contributed by atoms with Crippen molar-refractivity contribution in [2.75, 3.05) is 19.8 Å². The monoisotopic (exact) mass is 196 g/mol. The fourth-order valence-electron chi connectivity index (χ4n) is 1.89. The molecule has 14 heavy (non-hydrogen) atoms. The SMILES string of the molecule is CCNC(c1ncn[nH]1)C1CCOC1. The predicted molar refractivity (Wildman–Crippen MR) is 51.7 cm³/mol. The molecule has 2 unspecified atom stereocenters. The van der Waals surface area contributed by atoms with Crippen molar-refractivity contribution in [3.63, 3.8) is 0 Å². The van der Waals surface area contributed by atoms with Crippen molar-refractivity contribution in [2.45, 2.75) is 19.4 Å². The van der Waals surface area contributed by atoms with E-state index in [0.29, 0.717) is 5.92 Å². The molecule has 2 atom stereocenters. The number of nitrogens with zero attached hydrogens (tertiary/aromatic N) is 2. The van der Waals surface area contributed by atoms with Gasteiger partial charge in [0.1, 0.15) is 12.2 Å². The highest BCUT2D eigenvalue weighted by Crippen LogP contribution is 2.26. The molecule has 2 rings (SSSR count). The molecule has 78 valence electrons. The number of rotatable bonds is 4. The van der Waals surface area contributed by atoms with E-state index in [1.165, 1.54) is 0 Å². The second-order valence-electron chi connectivity index (χ2n) is 3.53. The number of nitrogens with one attached hydrogen (secondary N) is 2. The van der Waals surface area contributed by atoms with Crippen LogP contribution in [0.3, 0.4) is 0 Å². The molecule has 1 saturated heterocycles. The van der Waals surface area contributed by atoms with Crippen molar-refractivity contribution >= 4 is 0 Å². The van der Waals surface area contributed by atoms with Crippen LogP contribution in [0.4, 0.5) is 0 Å². The summed E-state index contributed by atoms with van der Waals surface area (Å²) in [4.78, 5) is 4.20. The lowest BCUT2D eigenvalue weighted by molar-refractivity contribution is 0.176. The van der Waals surface area contributed by atoms with Crippen LogP contribution in [0.2, 0.25) is 0 Å². The van der Waals surface area contributed by atoms with Gasteiger partial charge < -0.3 is 10.1 Å². The van der Waals surface area contributed by atoms with Gasteiger partial charge in [-0.25, -0.2) is 4.98 Å². The van der Waals surface area contributed by atoms with Gasteiger partial charge in [0.05, 0.1) is 12.6 Å². The maximum Gasteiger partial charge on any atom is 0.141 e. The highest BCUT2D eigenvalue weighted by molar-refractivity contribution is 4.96. The topological polar surface area (TPSA) is 62.8 Å². The quantitative estimate of drug-likeness (QED) is 0.735. The molecule has 1 aromatic heterocycles. The van der Waals surface area contributed by atoms with Gasteiger partial charge >= 0.3 is 0 Å². The minimum Gasteiger partial charge on any atom is -0.381 e. The average Bonchev–Trinajstić information content (AvgIpc) is 2.87. The third kappa shape index (κ3) is 1.93. The first kappa shape index (κ1) is 9.61. The lowest BCUT2D eigenvalue weighted by Gasteiger charge is -2.20. The third-order valence-corrected chi connectivity index (χ3v) is 2.59. The van der Waals surface area contributed by atoms with Crippen molar-refractivity contribution < 1.29 is 4.74 Å². The molecule has 0 radical (unpaired) electrons. The summed E-state index contributed by atoms with van der Waals surface area (Å²) >= 11 is 0. The molecule has 1 aliphatic heterocycles. The summed E-state index contributed by atoms with van der Waals surface area (Å²) in [5.74, 6) is 1.44. The van der Waals surface area contributed by atoms with E-state index in [9.17, 15) is 0 Å². The van der Waals surface area contributed by atoms with Crippen LogP contribution >= 0.6 is 0 Å². The van der Waals surface area contributed by atoms with E-state index in [4.69, 9.17) is 4.74 Å². The van der Waals surface area contributed by atoms with Crippen molar-refractivity contribution in [1.29, 1.82) is 0 Å². The molecule has 1 fully saturated rings. The Morgan fingerprint density at radius 1 is 1.79 bits per heavy atom. The first-order valence-corrected chi connectivity index (χ1v) is 5.08. The number of hydrogen-bond acceptors (Lipinski definition) is 4. The van der Waals surface area contributed by atoms with E-state index in [2.05, 4.69) is 27.4 Å². The summed E-state index contributed by atoms with van der Waals surface area (Å²) < 4.78 is 5.38. The summed E-state index contributed by atoms with van der Waals surface area (Å²) in [7, 11) is 0. The van der Waals surface area contributed by atoms with E-state index < -0.39 is 0 Å². The van der Waals surface area contributed by atoms with Gasteiger partial charge in [-0.3, -0.25) is 5.10 Å². The van der Waals surface area contributed by atoms with E-state index in [1.54, 1.807) is 6.33 Å². The van der Waals surface area contributed by atoms with Gasteiger partial charge in [-0.15, -0.1) is 0 Å². The number of aromatic nitrogens is 3. The first-order chi connectivity index (χ1) is 6.92. The molecule has 5 nitrogen and oxygen atoms in total. The van der Waals surface area contributed by atoms with Crippen molar-refractivity contribution in [2.24, 2.45) is 5.92 Å². The first-order valence-electron chi connectivity index (χ1n) is 5.08. The standard InChI is InChI=1S/C9H16N4O/c1-2-10-8(7-3-4-14-5-7)9-11-6-12-13-9/h6-8,10H,2-5H2,1H3,(H,11,12,13). The molecule has 0 saturated carbocycles. The van der Waals surface area contributed by atoms with Crippen LogP contribution in [0.15, 0.2) is 6.33 Å². The molecule has 1 aliphatic rings. The Morgan fingerprint density at radius 2 is 2.71 bits per heavy atom. The van der Waals surface area contributed by atoms with Gasteiger partial charge in [-0.2, -0.15) is 5.10 Å². The van der Waals surface area contributed by atoms with E-state index >= 15 is 0 Å². The minimum atomic E-state index is 0.255. The van der Waals surface area contributed by atoms with Crippen molar-refractivity contribution in [3.05, 3.63) is 12.2 Å². The maximum atomic E-state index is 5.38. The van der Waals surface area contributed by atoms with Gasteiger partial charge in [0.15, 0.2) is 0 Å². The largest absolute Gasteiger partial charge is 0.381 e. The summed E-state index contributed by atoms with van der Waals surface area (Å²) in [6, 6.07) is 0.255. The van der Waals surface area contributed by atoms with Crippen LogP contribution in [0, 0.1) is 5.92 Å². The molecular formula is C9H16N4O. The molecule has 2 N–H and O–H groups in total. The van der Waals surface area contributed by atoms with Crippen LogP contribution in [0.1, 0.15) is 25.2 Å². The summed E-state index contributed by atoms with van der Waals surface area (Å²) in [6.45, 7) is 4.71. The lowest BCUT2D eigenvalue weighted by Crippen LogP contribution is -2.29. The Morgan fingerprint density at radius 3 is 3.29 bits per heavy atom. The number of aromatic amines is 1. The molecule has 0 bridgehead atoms. The Kier molecular flexibility index (Phi) is 3.10. The normalized spacial score (nSPS) is 23.9. The van der Waals surface area contributed by atoms with Gasteiger partial charge in [0.25, 0.3) is 0 Å². The summed E-state index contributed by atoms with van der Waals surface area (Å²) in [5, 5.41) is 10.2. The Bertz CT molecular complexity index is 256. The zero-order valence-corrected chi connectivity index (χ0v) is 8.36. The number of hydrogen-bond donors (Lipinski definition) is 2. The molecule has 0 amide bonds. The average molecular weight is 196 g/mol. The fourth-order valence-corrected chi connectivity index (χ4v) is 1.89. The Labute approximate surface area is 83.3 Å². The molecule has 1 aromatic rings. The van der Waals surface area contributed by atoms with Gasteiger partial charge in [-0.05, 0) is 13.0 Å². The third-order valence-electron chi connectivity index (χ3n) is 2.59.